The summed E-state index contributed by atoms with van der Waals surface area (Å²) in [5, 5.41) is 0. The fraction of sp³-hybridized carbons (Fsp3) is 0.545. The molecule has 106 valence electrons. The molecular weight excluding hydrogens is 332 g/mol. The number of sulfonamides is 1. The lowest BCUT2D eigenvalue weighted by Gasteiger charge is -2.20. The van der Waals surface area contributed by atoms with E-state index in [9.17, 15) is 8.42 Å². The van der Waals surface area contributed by atoms with Gasteiger partial charge < -0.3 is 10.6 Å². The Morgan fingerprint density at radius 2 is 2.21 bits per heavy atom. The Morgan fingerprint density at radius 3 is 2.79 bits per heavy atom. The van der Waals surface area contributed by atoms with Crippen LogP contribution in [0.25, 0.3) is 0 Å². The van der Waals surface area contributed by atoms with Crippen LogP contribution in [0, 0.1) is 0 Å². The van der Waals surface area contributed by atoms with E-state index >= 15 is 0 Å². The van der Waals surface area contributed by atoms with Gasteiger partial charge in [-0.15, -0.1) is 0 Å². The molecule has 0 aromatic carbocycles. The molecule has 8 heteroatoms. The van der Waals surface area contributed by atoms with Crippen molar-refractivity contribution in [2.45, 2.75) is 17.4 Å². The molecule has 1 aliphatic rings. The molecule has 2 rings (SSSR count). The van der Waals surface area contributed by atoms with Gasteiger partial charge in [-0.3, -0.25) is 0 Å². The van der Waals surface area contributed by atoms with Crippen molar-refractivity contribution in [3.8, 4) is 0 Å². The van der Waals surface area contributed by atoms with Gasteiger partial charge in [0.15, 0.2) is 0 Å². The normalized spacial score (nSPS) is 21.2. The third-order valence-corrected chi connectivity index (χ3v) is 5.65. The summed E-state index contributed by atoms with van der Waals surface area (Å²) in [6, 6.07) is 1.75. The van der Waals surface area contributed by atoms with Gasteiger partial charge in [-0.1, -0.05) is 0 Å². The molecule has 1 aliphatic heterocycles. The van der Waals surface area contributed by atoms with E-state index in [0.29, 0.717) is 17.6 Å². The molecule has 1 atom stereocenters. The van der Waals surface area contributed by atoms with E-state index < -0.39 is 10.0 Å². The number of nitrogen functional groups attached to an aromatic ring is 1. The van der Waals surface area contributed by atoms with Gasteiger partial charge in [0.05, 0.1) is 0 Å². The average Bonchev–Trinajstić information content (AvgIpc) is 2.82. The summed E-state index contributed by atoms with van der Waals surface area (Å²) in [4.78, 5) is 6.00. The number of anilines is 1. The summed E-state index contributed by atoms with van der Waals surface area (Å²) < 4.78 is 27.2. The van der Waals surface area contributed by atoms with Gasteiger partial charge in [0.1, 0.15) is 10.7 Å². The summed E-state index contributed by atoms with van der Waals surface area (Å²) in [5.74, 6) is 0.0384. The quantitative estimate of drug-likeness (QED) is 0.871. The smallest absolute Gasteiger partial charge is 0.246 e. The third-order valence-electron chi connectivity index (χ3n) is 3.32. The first kappa shape index (κ1) is 14.7. The maximum Gasteiger partial charge on any atom is 0.246 e. The first-order valence-electron chi connectivity index (χ1n) is 5.90. The average molecular weight is 349 g/mol. The Hall–Kier alpha value is -0.700. The first-order valence-corrected chi connectivity index (χ1v) is 8.13. The lowest BCUT2D eigenvalue weighted by Crippen LogP contribution is -2.34. The fourth-order valence-electron chi connectivity index (χ4n) is 2.13. The molecule has 0 spiro atoms. The van der Waals surface area contributed by atoms with E-state index in [1.54, 1.807) is 0 Å². The minimum absolute atomic E-state index is 0.0384. The highest BCUT2D eigenvalue weighted by Crippen LogP contribution is 2.27. The molecule has 0 saturated carbocycles. The second kappa shape index (κ2) is 5.35. The van der Waals surface area contributed by atoms with Crippen molar-refractivity contribution in [3.63, 3.8) is 0 Å². The number of pyridine rings is 1. The zero-order chi connectivity index (χ0) is 14.2. The Balaban J connectivity index is 2.31. The summed E-state index contributed by atoms with van der Waals surface area (Å²) in [7, 11) is 0.339. The summed E-state index contributed by atoms with van der Waals surface area (Å²) in [5.41, 5.74) is 5.69. The van der Waals surface area contributed by atoms with Crippen molar-refractivity contribution in [2.75, 3.05) is 32.9 Å². The fourth-order valence-corrected chi connectivity index (χ4v) is 4.20. The van der Waals surface area contributed by atoms with Crippen molar-refractivity contribution in [1.82, 2.24) is 14.2 Å². The predicted octanol–water partition coefficient (Wildman–Crippen LogP) is 0.751. The van der Waals surface area contributed by atoms with Gasteiger partial charge >= 0.3 is 0 Å². The van der Waals surface area contributed by atoms with Crippen molar-refractivity contribution < 1.29 is 8.42 Å². The highest BCUT2D eigenvalue weighted by molar-refractivity contribution is 9.10. The van der Waals surface area contributed by atoms with E-state index in [4.69, 9.17) is 5.73 Å². The van der Waals surface area contributed by atoms with Gasteiger partial charge in [0.25, 0.3) is 0 Å². The number of likely N-dealkylation sites (N-methyl/N-ethyl adjacent to an activating group) is 1. The Bertz CT molecular complexity index is 576. The third kappa shape index (κ3) is 2.91. The van der Waals surface area contributed by atoms with Crippen LogP contribution in [-0.2, 0) is 10.0 Å². The molecule has 0 amide bonds. The number of hydrogen-bond donors (Lipinski definition) is 1. The number of hydrogen-bond acceptors (Lipinski definition) is 5. The molecule has 2 heterocycles. The second-order valence-electron chi connectivity index (χ2n) is 4.81. The first-order chi connectivity index (χ1) is 8.82. The number of nitrogens with two attached hydrogens (primary N) is 1. The molecule has 1 unspecified atom stereocenters. The van der Waals surface area contributed by atoms with Crippen molar-refractivity contribution in [2.24, 2.45) is 0 Å². The number of rotatable bonds is 3. The molecule has 6 nitrogen and oxygen atoms in total. The summed E-state index contributed by atoms with van der Waals surface area (Å²) in [6.45, 7) is 0.998. The van der Waals surface area contributed by atoms with Crippen molar-refractivity contribution >= 4 is 31.8 Å². The molecule has 0 aliphatic carbocycles. The van der Waals surface area contributed by atoms with E-state index in [1.807, 2.05) is 19.0 Å². The van der Waals surface area contributed by atoms with Crippen molar-refractivity contribution in [1.29, 1.82) is 0 Å². The highest BCUT2D eigenvalue weighted by atomic mass is 79.9. The molecule has 2 N–H and O–H groups in total. The minimum Gasteiger partial charge on any atom is -0.383 e. The van der Waals surface area contributed by atoms with E-state index in [2.05, 4.69) is 20.9 Å². The van der Waals surface area contributed by atoms with Crippen LogP contribution in [-0.4, -0.2) is 55.8 Å². The van der Waals surface area contributed by atoms with Crippen LogP contribution in [0.4, 0.5) is 5.82 Å². The van der Waals surface area contributed by atoms with E-state index in [1.165, 1.54) is 16.6 Å². The summed E-state index contributed by atoms with van der Waals surface area (Å²) >= 11 is 3.22. The zero-order valence-corrected chi connectivity index (χ0v) is 13.3. The van der Waals surface area contributed by atoms with Crippen LogP contribution >= 0.6 is 15.9 Å². The Morgan fingerprint density at radius 1 is 1.53 bits per heavy atom. The standard InChI is InChI=1S/C11H17BrN4O2S/c1-15(2)9-3-4-16(7-9)19(17,18)10-5-8(12)6-14-11(10)13/h5-6,9H,3-4,7H2,1-2H3,(H2,13,14). The van der Waals surface area contributed by atoms with Gasteiger partial charge in [0, 0.05) is 29.8 Å². The topological polar surface area (TPSA) is 79.5 Å². The molecule has 1 aromatic heterocycles. The lowest BCUT2D eigenvalue weighted by molar-refractivity contribution is 0.302. The molecule has 19 heavy (non-hydrogen) atoms. The molecular formula is C11H17BrN4O2S. The largest absolute Gasteiger partial charge is 0.383 e. The van der Waals surface area contributed by atoms with Gasteiger partial charge in [-0.2, -0.15) is 4.31 Å². The van der Waals surface area contributed by atoms with Crippen LogP contribution in [0.1, 0.15) is 6.42 Å². The number of nitrogens with zero attached hydrogens (tertiary/aromatic N) is 3. The molecule has 1 fully saturated rings. The van der Waals surface area contributed by atoms with E-state index in [-0.39, 0.29) is 16.8 Å². The van der Waals surface area contributed by atoms with E-state index in [0.717, 1.165) is 6.42 Å². The molecule has 1 aromatic rings. The van der Waals surface area contributed by atoms with Crippen LogP contribution in [0.5, 0.6) is 0 Å². The van der Waals surface area contributed by atoms with Gasteiger partial charge in [-0.05, 0) is 42.5 Å². The van der Waals surface area contributed by atoms with Crippen LogP contribution < -0.4 is 5.73 Å². The van der Waals surface area contributed by atoms with Crippen molar-refractivity contribution in [3.05, 3.63) is 16.7 Å². The SMILES string of the molecule is CN(C)C1CCN(S(=O)(=O)c2cc(Br)cnc2N)C1. The van der Waals surface area contributed by atoms with Gasteiger partial charge in [0.2, 0.25) is 10.0 Å². The predicted molar refractivity (Wildman–Crippen MR) is 77.2 cm³/mol. The number of halogens is 1. The highest BCUT2D eigenvalue weighted by Gasteiger charge is 2.34. The molecule has 0 radical (unpaired) electrons. The Labute approximate surface area is 121 Å². The van der Waals surface area contributed by atoms with Crippen LogP contribution in [0.3, 0.4) is 0 Å². The maximum atomic E-state index is 12.5. The zero-order valence-electron chi connectivity index (χ0n) is 10.9. The minimum atomic E-state index is -3.57. The van der Waals surface area contributed by atoms with Gasteiger partial charge in [-0.25, -0.2) is 13.4 Å². The maximum absolute atomic E-state index is 12.5. The Kier molecular flexibility index (Phi) is 4.14. The monoisotopic (exact) mass is 348 g/mol. The summed E-state index contributed by atoms with van der Waals surface area (Å²) in [6.07, 6.45) is 2.31. The van der Waals surface area contributed by atoms with Crippen LogP contribution in [0.2, 0.25) is 0 Å². The number of aromatic nitrogens is 1. The molecule has 1 saturated heterocycles. The second-order valence-corrected chi connectivity index (χ2v) is 7.63. The lowest BCUT2D eigenvalue weighted by atomic mass is 10.2. The molecule has 0 bridgehead atoms. The van der Waals surface area contributed by atoms with Crippen LogP contribution in [0.15, 0.2) is 21.6 Å².